The van der Waals surface area contributed by atoms with Crippen LogP contribution in [0.3, 0.4) is 0 Å². The largest absolute Gasteiger partial charge is 0.347 e. The smallest absolute Gasteiger partial charge is 0.331 e. The second-order valence-corrected chi connectivity index (χ2v) is 7.52. The molecule has 3 aromatic rings. The van der Waals surface area contributed by atoms with Gasteiger partial charge in [0.2, 0.25) is 5.91 Å². The summed E-state index contributed by atoms with van der Waals surface area (Å²) in [6.07, 6.45) is 4.30. The number of urea groups is 1. The van der Waals surface area contributed by atoms with Gasteiger partial charge in [-0.15, -0.1) is 0 Å². The number of aryl methyl sites for hydroxylation is 1. The van der Waals surface area contributed by atoms with Crippen molar-refractivity contribution < 1.29 is 9.59 Å². The van der Waals surface area contributed by atoms with Crippen LogP contribution in [-0.2, 0) is 17.8 Å². The van der Waals surface area contributed by atoms with Gasteiger partial charge in [0, 0.05) is 30.2 Å². The molecule has 1 aliphatic rings. The first-order chi connectivity index (χ1) is 15.0. The Morgan fingerprint density at radius 1 is 1.16 bits per heavy atom. The maximum atomic E-state index is 12.5. The first kappa shape index (κ1) is 20.3. The summed E-state index contributed by atoms with van der Waals surface area (Å²) in [5.74, 6) is 0.0291. The van der Waals surface area contributed by atoms with Crippen LogP contribution in [0.5, 0.6) is 0 Å². The van der Waals surface area contributed by atoms with Crippen LogP contribution in [0.4, 0.5) is 16.2 Å². The average molecular weight is 417 g/mol. The number of nitrogens with one attached hydrogen (secondary N) is 3. The molecule has 0 saturated carbocycles. The maximum Gasteiger partial charge on any atom is 0.347 e. The van der Waals surface area contributed by atoms with Crippen LogP contribution in [0.25, 0.3) is 0 Å². The normalized spacial score (nSPS) is 13.6. The van der Waals surface area contributed by atoms with E-state index in [4.69, 9.17) is 0 Å². The summed E-state index contributed by atoms with van der Waals surface area (Å²) in [4.78, 5) is 39.6. The van der Waals surface area contributed by atoms with Crippen LogP contribution in [0.2, 0.25) is 0 Å². The van der Waals surface area contributed by atoms with Gasteiger partial charge < -0.3 is 16.0 Å². The summed E-state index contributed by atoms with van der Waals surface area (Å²) in [7, 11) is 0. The Morgan fingerprint density at radius 3 is 2.87 bits per heavy atom. The first-order valence-electron chi connectivity index (χ1n) is 10.1. The molecule has 2 aromatic carbocycles. The topological polar surface area (TPSA) is 105 Å². The van der Waals surface area contributed by atoms with Crippen LogP contribution in [0.15, 0.2) is 65.7 Å². The minimum atomic E-state index is -0.325. The van der Waals surface area contributed by atoms with Crippen LogP contribution in [0, 0.1) is 0 Å². The van der Waals surface area contributed by atoms with E-state index in [1.54, 1.807) is 18.3 Å². The van der Waals surface area contributed by atoms with Gasteiger partial charge in [0.05, 0.1) is 12.6 Å². The summed E-state index contributed by atoms with van der Waals surface area (Å²) in [5, 5.41) is 8.64. The number of hydrogen-bond donors (Lipinski definition) is 3. The molecule has 31 heavy (non-hydrogen) atoms. The Kier molecular flexibility index (Phi) is 5.79. The van der Waals surface area contributed by atoms with Crippen LogP contribution >= 0.6 is 0 Å². The van der Waals surface area contributed by atoms with Crippen molar-refractivity contribution in [3.63, 3.8) is 0 Å². The number of anilines is 2. The monoisotopic (exact) mass is 417 g/mol. The van der Waals surface area contributed by atoms with Crippen molar-refractivity contribution >= 4 is 23.3 Å². The Balaban J connectivity index is 1.39. The SMILES string of the molecule is CC(NC(=O)Nc1cccc(Cn2cccnc2=O)c1)c1ccc2c(c1)CCC(=O)N2. The van der Waals surface area contributed by atoms with E-state index in [0.717, 1.165) is 22.4 Å². The van der Waals surface area contributed by atoms with Gasteiger partial charge in [0.25, 0.3) is 0 Å². The van der Waals surface area contributed by atoms with E-state index in [-0.39, 0.29) is 23.7 Å². The Labute approximate surface area is 179 Å². The Hall–Kier alpha value is -3.94. The predicted octanol–water partition coefficient (Wildman–Crippen LogP) is 3.06. The average Bonchev–Trinajstić information content (AvgIpc) is 2.75. The summed E-state index contributed by atoms with van der Waals surface area (Å²) in [6.45, 7) is 2.28. The van der Waals surface area contributed by atoms with E-state index >= 15 is 0 Å². The molecule has 1 unspecified atom stereocenters. The third kappa shape index (κ3) is 4.98. The quantitative estimate of drug-likeness (QED) is 0.593. The highest BCUT2D eigenvalue weighted by Crippen LogP contribution is 2.26. The first-order valence-corrected chi connectivity index (χ1v) is 10.1. The molecule has 0 radical (unpaired) electrons. The Morgan fingerprint density at radius 2 is 2.03 bits per heavy atom. The fourth-order valence-corrected chi connectivity index (χ4v) is 3.57. The molecule has 2 heterocycles. The predicted molar refractivity (Wildman–Crippen MR) is 118 cm³/mol. The maximum absolute atomic E-state index is 12.5. The minimum absolute atomic E-state index is 0.0291. The molecule has 1 aliphatic heterocycles. The minimum Gasteiger partial charge on any atom is -0.331 e. The highest BCUT2D eigenvalue weighted by Gasteiger charge is 2.17. The van der Waals surface area contributed by atoms with E-state index in [0.29, 0.717) is 25.1 Å². The van der Waals surface area contributed by atoms with Crippen molar-refractivity contribution in [2.75, 3.05) is 10.6 Å². The lowest BCUT2D eigenvalue weighted by Crippen LogP contribution is -2.31. The number of nitrogens with zero attached hydrogens (tertiary/aromatic N) is 2. The van der Waals surface area contributed by atoms with Crippen LogP contribution in [-0.4, -0.2) is 21.5 Å². The molecule has 8 nitrogen and oxygen atoms in total. The van der Waals surface area contributed by atoms with Gasteiger partial charge in [0.15, 0.2) is 0 Å². The number of rotatable bonds is 5. The van der Waals surface area contributed by atoms with Crippen molar-refractivity contribution in [3.8, 4) is 0 Å². The molecule has 158 valence electrons. The zero-order chi connectivity index (χ0) is 21.8. The van der Waals surface area contributed by atoms with Gasteiger partial charge in [-0.1, -0.05) is 24.3 Å². The van der Waals surface area contributed by atoms with Crippen molar-refractivity contribution in [3.05, 3.63) is 88.1 Å². The van der Waals surface area contributed by atoms with Crippen molar-refractivity contribution in [2.24, 2.45) is 0 Å². The van der Waals surface area contributed by atoms with Crippen LogP contribution < -0.4 is 21.6 Å². The third-order valence-electron chi connectivity index (χ3n) is 5.19. The van der Waals surface area contributed by atoms with E-state index in [1.165, 1.54) is 10.8 Å². The number of fused-ring (bicyclic) bond motifs is 1. The zero-order valence-corrected chi connectivity index (χ0v) is 17.1. The molecule has 0 fully saturated rings. The van der Waals surface area contributed by atoms with E-state index in [2.05, 4.69) is 20.9 Å². The molecule has 0 saturated heterocycles. The van der Waals surface area contributed by atoms with Gasteiger partial charge in [0.1, 0.15) is 0 Å². The molecular formula is C23H23N5O3. The lowest BCUT2D eigenvalue weighted by molar-refractivity contribution is -0.116. The number of amides is 3. The molecule has 3 N–H and O–H groups in total. The number of carbonyl (C=O) groups excluding carboxylic acids is 2. The molecule has 3 amide bonds. The molecule has 0 aliphatic carbocycles. The molecule has 4 rings (SSSR count). The highest BCUT2D eigenvalue weighted by molar-refractivity contribution is 5.94. The van der Waals surface area contributed by atoms with Crippen molar-refractivity contribution in [1.82, 2.24) is 14.9 Å². The molecule has 1 atom stereocenters. The summed E-state index contributed by atoms with van der Waals surface area (Å²) < 4.78 is 1.50. The third-order valence-corrected chi connectivity index (χ3v) is 5.19. The van der Waals surface area contributed by atoms with Gasteiger partial charge in [-0.25, -0.2) is 14.6 Å². The van der Waals surface area contributed by atoms with Gasteiger partial charge >= 0.3 is 11.7 Å². The summed E-state index contributed by atoms with van der Waals surface area (Å²) in [5.41, 5.74) is 4.06. The lowest BCUT2D eigenvalue weighted by Gasteiger charge is -2.20. The Bertz CT molecular complexity index is 1190. The van der Waals surface area contributed by atoms with E-state index < -0.39 is 0 Å². The van der Waals surface area contributed by atoms with E-state index in [1.807, 2.05) is 43.3 Å². The van der Waals surface area contributed by atoms with Gasteiger partial charge in [-0.05, 0) is 54.3 Å². The summed E-state index contributed by atoms with van der Waals surface area (Å²) in [6, 6.07) is 14.3. The zero-order valence-electron chi connectivity index (χ0n) is 17.1. The number of carbonyl (C=O) groups is 2. The fourth-order valence-electron chi connectivity index (χ4n) is 3.57. The van der Waals surface area contributed by atoms with Crippen molar-refractivity contribution in [1.29, 1.82) is 0 Å². The summed E-state index contributed by atoms with van der Waals surface area (Å²) >= 11 is 0. The molecule has 0 spiro atoms. The second-order valence-electron chi connectivity index (χ2n) is 7.52. The molecular weight excluding hydrogens is 394 g/mol. The van der Waals surface area contributed by atoms with Gasteiger partial charge in [-0.2, -0.15) is 0 Å². The number of benzene rings is 2. The molecule has 1 aromatic heterocycles. The van der Waals surface area contributed by atoms with Gasteiger partial charge in [-0.3, -0.25) is 9.36 Å². The lowest BCUT2D eigenvalue weighted by atomic mass is 9.98. The van der Waals surface area contributed by atoms with Crippen LogP contribution in [0.1, 0.15) is 36.1 Å². The molecule has 0 bridgehead atoms. The highest BCUT2D eigenvalue weighted by atomic mass is 16.2. The molecule has 8 heteroatoms. The van der Waals surface area contributed by atoms with Crippen molar-refractivity contribution in [2.45, 2.75) is 32.4 Å². The number of aromatic nitrogens is 2. The second kappa shape index (κ2) is 8.83. The standard InChI is InChI=1S/C23H23N5O3/c1-15(17-6-8-20-18(13-17)7-9-21(29)27-20)25-22(30)26-19-5-2-4-16(12-19)14-28-11-3-10-24-23(28)31/h2-6,8,10-13,15H,7,9,14H2,1H3,(H,27,29)(H2,25,26,30). The van der Waals surface area contributed by atoms with E-state index in [9.17, 15) is 14.4 Å². The number of hydrogen-bond acceptors (Lipinski definition) is 4. The fraction of sp³-hybridized carbons (Fsp3) is 0.217.